The Balaban J connectivity index is 1.93. The van der Waals surface area contributed by atoms with Gasteiger partial charge in [-0.3, -0.25) is 10.1 Å². The van der Waals surface area contributed by atoms with Crippen LogP contribution in [0.1, 0.15) is 31.4 Å². The number of hydrogen-bond acceptors (Lipinski definition) is 5. The van der Waals surface area contributed by atoms with Gasteiger partial charge >= 0.3 is 0 Å². The minimum absolute atomic E-state index is 0.0220. The second-order valence-corrected chi connectivity index (χ2v) is 5.87. The Bertz CT molecular complexity index is 764. The number of non-ortho nitro benzene ring substituents is 1. The molecule has 2 aromatic rings. The van der Waals surface area contributed by atoms with E-state index in [4.69, 9.17) is 21.2 Å². The van der Waals surface area contributed by atoms with Crippen LogP contribution in [0.3, 0.4) is 0 Å². The second kappa shape index (κ2) is 9.03. The lowest BCUT2D eigenvalue weighted by Crippen LogP contribution is -2.09. The quantitative estimate of drug-likeness (QED) is 0.377. The highest BCUT2D eigenvalue weighted by Gasteiger charge is 2.07. The van der Waals surface area contributed by atoms with E-state index < -0.39 is 4.92 Å². The molecule has 0 aliphatic heterocycles. The van der Waals surface area contributed by atoms with Gasteiger partial charge in [0.15, 0.2) is 0 Å². The largest absolute Gasteiger partial charge is 0.489 e. The third-order valence-corrected chi connectivity index (χ3v) is 3.78. The van der Waals surface area contributed by atoms with E-state index in [1.807, 2.05) is 19.9 Å². The first-order chi connectivity index (χ1) is 12.0. The molecule has 0 unspecified atom stereocenters. The summed E-state index contributed by atoms with van der Waals surface area (Å²) in [5, 5.41) is 15.1. The molecule has 2 aromatic carbocycles. The van der Waals surface area contributed by atoms with Crippen LogP contribution < -0.4 is 4.74 Å². The first-order valence-corrected chi connectivity index (χ1v) is 8.22. The van der Waals surface area contributed by atoms with Gasteiger partial charge in [0, 0.05) is 12.1 Å². The van der Waals surface area contributed by atoms with Crippen LogP contribution in [-0.4, -0.2) is 17.2 Å². The molecule has 2 rings (SSSR count). The third-order valence-electron chi connectivity index (χ3n) is 3.49. The van der Waals surface area contributed by atoms with Crippen LogP contribution in [0, 0.1) is 10.1 Å². The number of nitro benzene ring substituents is 1. The van der Waals surface area contributed by atoms with Crippen LogP contribution in [0.4, 0.5) is 5.69 Å². The van der Waals surface area contributed by atoms with Gasteiger partial charge in [-0.05, 0) is 42.7 Å². The summed E-state index contributed by atoms with van der Waals surface area (Å²) in [7, 11) is 0. The molecule has 7 heteroatoms. The van der Waals surface area contributed by atoms with Crippen molar-refractivity contribution in [1.29, 1.82) is 0 Å². The number of nitro groups is 1. The van der Waals surface area contributed by atoms with Crippen molar-refractivity contribution in [2.45, 2.75) is 33.0 Å². The van der Waals surface area contributed by atoms with E-state index in [1.54, 1.807) is 24.3 Å². The van der Waals surface area contributed by atoms with Crippen molar-refractivity contribution in [1.82, 2.24) is 0 Å². The average Bonchev–Trinajstić information content (AvgIpc) is 2.61. The fourth-order valence-electron chi connectivity index (χ4n) is 1.96. The number of oxime groups is 1. The van der Waals surface area contributed by atoms with E-state index in [0.717, 1.165) is 12.0 Å². The van der Waals surface area contributed by atoms with Gasteiger partial charge in [-0.2, -0.15) is 0 Å². The Kier molecular flexibility index (Phi) is 6.77. The van der Waals surface area contributed by atoms with Crippen LogP contribution in [-0.2, 0) is 11.4 Å². The molecule has 6 nitrogen and oxygen atoms in total. The smallest absolute Gasteiger partial charge is 0.269 e. The summed E-state index contributed by atoms with van der Waals surface area (Å²) >= 11 is 6.19. The first kappa shape index (κ1) is 18.7. The highest BCUT2D eigenvalue weighted by molar-refractivity contribution is 6.32. The third kappa shape index (κ3) is 5.76. The number of ether oxygens (including phenoxy) is 1. The van der Waals surface area contributed by atoms with E-state index in [9.17, 15) is 10.1 Å². The highest BCUT2D eigenvalue weighted by Crippen LogP contribution is 2.26. The van der Waals surface area contributed by atoms with Crippen LogP contribution in [0.2, 0.25) is 5.02 Å². The predicted octanol–water partition coefficient (Wildman–Crippen LogP) is 4.98. The topological polar surface area (TPSA) is 74.0 Å². The number of hydrogen-bond donors (Lipinski definition) is 0. The Hall–Kier alpha value is -2.60. The van der Waals surface area contributed by atoms with Gasteiger partial charge in [0.2, 0.25) is 0 Å². The number of rotatable bonds is 8. The zero-order valence-corrected chi connectivity index (χ0v) is 14.8. The molecule has 25 heavy (non-hydrogen) atoms. The van der Waals surface area contributed by atoms with E-state index >= 15 is 0 Å². The average molecular weight is 363 g/mol. The number of halogens is 1. The van der Waals surface area contributed by atoms with Crippen LogP contribution in [0.15, 0.2) is 47.6 Å². The Morgan fingerprint density at radius 3 is 2.80 bits per heavy atom. The van der Waals surface area contributed by atoms with E-state index in [0.29, 0.717) is 16.3 Å². The van der Waals surface area contributed by atoms with E-state index in [1.165, 1.54) is 18.3 Å². The Morgan fingerprint density at radius 2 is 2.12 bits per heavy atom. The number of benzene rings is 2. The molecular formula is C18H19ClN2O4. The monoisotopic (exact) mass is 362 g/mol. The summed E-state index contributed by atoms with van der Waals surface area (Å²) in [5.74, 6) is 0.630. The SMILES string of the molecule is CC[C@@H](C)Oc1ccc(/C=N\OCc2cccc([N+](=O)[O-])c2)cc1Cl. The first-order valence-electron chi connectivity index (χ1n) is 7.84. The summed E-state index contributed by atoms with van der Waals surface area (Å²) in [6.45, 7) is 4.16. The van der Waals surface area contributed by atoms with Crippen molar-refractivity contribution >= 4 is 23.5 Å². The highest BCUT2D eigenvalue weighted by atomic mass is 35.5. The lowest BCUT2D eigenvalue weighted by Gasteiger charge is -2.13. The zero-order valence-electron chi connectivity index (χ0n) is 14.0. The van der Waals surface area contributed by atoms with Crippen LogP contribution >= 0.6 is 11.6 Å². The standard InChI is InChI=1S/C18H19ClN2O4/c1-3-13(2)25-18-8-7-14(10-17(18)19)11-20-24-12-15-5-4-6-16(9-15)21(22)23/h4-11,13H,3,12H2,1-2H3/b20-11-/t13-/m1/s1. The molecule has 0 spiro atoms. The normalized spacial score (nSPS) is 12.1. The van der Waals surface area contributed by atoms with Crippen LogP contribution in [0.25, 0.3) is 0 Å². The minimum Gasteiger partial charge on any atom is -0.489 e. The van der Waals surface area contributed by atoms with Crippen molar-refractivity contribution in [2.75, 3.05) is 0 Å². The van der Waals surface area contributed by atoms with E-state index in [-0.39, 0.29) is 18.4 Å². The predicted molar refractivity (Wildman–Crippen MR) is 97.3 cm³/mol. The minimum atomic E-state index is -0.447. The maximum absolute atomic E-state index is 10.7. The molecule has 0 saturated heterocycles. The molecule has 0 N–H and O–H groups in total. The molecule has 0 amide bonds. The van der Waals surface area contributed by atoms with Crippen molar-refractivity contribution in [2.24, 2.45) is 5.16 Å². The molecule has 1 atom stereocenters. The molecule has 0 aliphatic rings. The molecule has 132 valence electrons. The summed E-state index contributed by atoms with van der Waals surface area (Å²) in [6.07, 6.45) is 2.51. The van der Waals surface area contributed by atoms with Gasteiger partial charge in [-0.1, -0.05) is 35.8 Å². The van der Waals surface area contributed by atoms with Crippen LogP contribution in [0.5, 0.6) is 5.75 Å². The van der Waals surface area contributed by atoms with Gasteiger partial charge in [0.05, 0.1) is 22.3 Å². The molecule has 0 fully saturated rings. The van der Waals surface area contributed by atoms with Gasteiger partial charge in [-0.25, -0.2) is 0 Å². The van der Waals surface area contributed by atoms with Crippen molar-refractivity contribution in [3.63, 3.8) is 0 Å². The molecule has 0 saturated carbocycles. The molecular weight excluding hydrogens is 344 g/mol. The second-order valence-electron chi connectivity index (χ2n) is 5.46. The van der Waals surface area contributed by atoms with Gasteiger partial charge in [0.25, 0.3) is 5.69 Å². The summed E-state index contributed by atoms with van der Waals surface area (Å²) in [4.78, 5) is 15.5. The lowest BCUT2D eigenvalue weighted by atomic mass is 10.2. The molecule has 0 aliphatic carbocycles. The maximum atomic E-state index is 10.7. The van der Waals surface area contributed by atoms with E-state index in [2.05, 4.69) is 5.16 Å². The number of nitrogens with zero attached hydrogens (tertiary/aromatic N) is 2. The van der Waals surface area contributed by atoms with Gasteiger partial charge in [-0.15, -0.1) is 0 Å². The van der Waals surface area contributed by atoms with Crippen molar-refractivity contribution in [3.8, 4) is 5.75 Å². The van der Waals surface area contributed by atoms with Crippen molar-refractivity contribution in [3.05, 3.63) is 68.7 Å². The molecule has 0 radical (unpaired) electrons. The lowest BCUT2D eigenvalue weighted by molar-refractivity contribution is -0.384. The zero-order chi connectivity index (χ0) is 18.2. The summed E-state index contributed by atoms with van der Waals surface area (Å²) in [5.41, 5.74) is 1.45. The summed E-state index contributed by atoms with van der Waals surface area (Å²) in [6, 6.07) is 11.6. The van der Waals surface area contributed by atoms with Crippen molar-refractivity contribution < 1.29 is 14.5 Å². The van der Waals surface area contributed by atoms with Gasteiger partial charge < -0.3 is 9.57 Å². The molecule has 0 aromatic heterocycles. The fourth-order valence-corrected chi connectivity index (χ4v) is 2.20. The Labute approximate surface area is 151 Å². The fraction of sp³-hybridized carbons (Fsp3) is 0.278. The molecule has 0 heterocycles. The Morgan fingerprint density at radius 1 is 1.32 bits per heavy atom. The summed E-state index contributed by atoms with van der Waals surface area (Å²) < 4.78 is 5.70. The maximum Gasteiger partial charge on any atom is 0.269 e. The van der Waals surface area contributed by atoms with Gasteiger partial charge in [0.1, 0.15) is 12.4 Å². The molecule has 0 bridgehead atoms.